The molecular weight excluding hydrogens is 228 g/mol. The fraction of sp³-hybridized carbons (Fsp3) is 0. The van der Waals surface area contributed by atoms with Gasteiger partial charge in [0.2, 0.25) is 0 Å². The largest absolute Gasteiger partial charge is 0.339 e. The van der Waals surface area contributed by atoms with Crippen molar-refractivity contribution >= 4 is 34.0 Å². The lowest BCUT2D eigenvalue weighted by molar-refractivity contribution is 1.33. The van der Waals surface area contributed by atoms with Crippen LogP contribution in [-0.4, -0.2) is 9.97 Å². The Kier molecular flexibility index (Phi) is 2.01. The molecule has 3 rings (SSSR count). The third kappa shape index (κ3) is 1.44. The number of hydrogen-bond donors (Lipinski definition) is 1. The summed E-state index contributed by atoms with van der Waals surface area (Å²) in [5.74, 6) is 0. The molecule has 0 atom stereocenters. The minimum absolute atomic E-state index is 0.735. The van der Waals surface area contributed by atoms with Gasteiger partial charge in [-0.3, -0.25) is 0 Å². The second-order valence-corrected chi connectivity index (χ2v) is 4.57. The third-order valence-electron chi connectivity index (χ3n) is 2.27. The van der Waals surface area contributed by atoms with Crippen LogP contribution >= 0.6 is 22.9 Å². The number of rotatable bonds is 1. The van der Waals surface area contributed by atoms with Crippen LogP contribution in [-0.2, 0) is 0 Å². The van der Waals surface area contributed by atoms with Gasteiger partial charge in [0.1, 0.15) is 5.65 Å². The van der Waals surface area contributed by atoms with Crippen LogP contribution in [0.1, 0.15) is 0 Å². The van der Waals surface area contributed by atoms with Crippen LogP contribution in [0.25, 0.3) is 21.6 Å². The molecule has 2 nitrogen and oxygen atoms in total. The van der Waals surface area contributed by atoms with Gasteiger partial charge < -0.3 is 4.98 Å². The molecule has 3 heterocycles. The minimum Gasteiger partial charge on any atom is -0.339 e. The van der Waals surface area contributed by atoms with Crippen LogP contribution in [0, 0.1) is 0 Å². The smallest absolute Gasteiger partial charge is 0.139 e. The van der Waals surface area contributed by atoms with Crippen molar-refractivity contribution in [2.24, 2.45) is 0 Å². The van der Waals surface area contributed by atoms with Crippen molar-refractivity contribution in [2.45, 2.75) is 0 Å². The fourth-order valence-electron chi connectivity index (χ4n) is 1.56. The van der Waals surface area contributed by atoms with Crippen molar-refractivity contribution in [1.82, 2.24) is 9.97 Å². The Bertz CT molecular complexity index is 598. The summed E-state index contributed by atoms with van der Waals surface area (Å²) in [7, 11) is 0. The van der Waals surface area contributed by atoms with E-state index in [1.807, 2.05) is 12.1 Å². The lowest BCUT2D eigenvalue weighted by Crippen LogP contribution is -1.74. The van der Waals surface area contributed by atoms with Gasteiger partial charge in [0.25, 0.3) is 0 Å². The molecule has 0 fully saturated rings. The Balaban J connectivity index is 2.27. The highest BCUT2D eigenvalue weighted by atomic mass is 35.5. The Morgan fingerprint density at radius 1 is 1.33 bits per heavy atom. The fourth-order valence-corrected chi connectivity index (χ4v) is 2.46. The number of aromatic nitrogens is 2. The van der Waals surface area contributed by atoms with Crippen molar-refractivity contribution in [3.8, 4) is 10.6 Å². The number of fused-ring (bicyclic) bond motifs is 1. The molecule has 0 unspecified atom stereocenters. The van der Waals surface area contributed by atoms with Crippen molar-refractivity contribution in [3.63, 3.8) is 0 Å². The maximum Gasteiger partial charge on any atom is 0.139 e. The molecule has 4 heteroatoms. The SMILES string of the molecule is Clc1ccnc2[nH]c(-c3cccs3)cc12. The highest BCUT2D eigenvalue weighted by Gasteiger charge is 2.06. The van der Waals surface area contributed by atoms with Gasteiger partial charge >= 0.3 is 0 Å². The van der Waals surface area contributed by atoms with E-state index in [0.29, 0.717) is 0 Å². The standard InChI is InChI=1S/C11H7ClN2S/c12-8-3-4-13-11-7(8)6-9(14-11)10-2-1-5-15-10/h1-6H,(H,13,14). The zero-order valence-corrected chi connectivity index (χ0v) is 9.27. The molecule has 0 aliphatic carbocycles. The maximum absolute atomic E-state index is 6.08. The maximum atomic E-state index is 6.08. The Morgan fingerprint density at radius 3 is 3.00 bits per heavy atom. The van der Waals surface area contributed by atoms with Crippen LogP contribution in [0.15, 0.2) is 35.8 Å². The summed E-state index contributed by atoms with van der Waals surface area (Å²) < 4.78 is 0. The van der Waals surface area contributed by atoms with E-state index < -0.39 is 0 Å². The summed E-state index contributed by atoms with van der Waals surface area (Å²) in [6, 6.07) is 7.94. The van der Waals surface area contributed by atoms with Gasteiger partial charge in [-0.1, -0.05) is 17.7 Å². The average molecular weight is 235 g/mol. The van der Waals surface area contributed by atoms with E-state index in [0.717, 1.165) is 21.7 Å². The van der Waals surface area contributed by atoms with Crippen molar-refractivity contribution in [1.29, 1.82) is 0 Å². The molecule has 0 aromatic carbocycles. The van der Waals surface area contributed by atoms with Gasteiger partial charge in [-0.05, 0) is 23.6 Å². The van der Waals surface area contributed by atoms with Gasteiger partial charge in [-0.25, -0.2) is 4.98 Å². The molecule has 0 amide bonds. The first kappa shape index (κ1) is 8.95. The van der Waals surface area contributed by atoms with E-state index in [-0.39, 0.29) is 0 Å². The summed E-state index contributed by atoms with van der Waals surface area (Å²) in [6.07, 6.45) is 1.71. The number of nitrogens with zero attached hydrogens (tertiary/aromatic N) is 1. The number of pyridine rings is 1. The molecular formula is C11H7ClN2S. The van der Waals surface area contributed by atoms with Crippen LogP contribution in [0.4, 0.5) is 0 Å². The number of nitrogens with one attached hydrogen (secondary N) is 1. The molecule has 0 spiro atoms. The molecule has 3 aromatic heterocycles. The first-order valence-electron chi connectivity index (χ1n) is 4.52. The zero-order valence-electron chi connectivity index (χ0n) is 7.70. The van der Waals surface area contributed by atoms with Gasteiger partial charge in [-0.2, -0.15) is 0 Å². The number of hydrogen-bond acceptors (Lipinski definition) is 2. The average Bonchev–Trinajstić information content (AvgIpc) is 2.86. The molecule has 15 heavy (non-hydrogen) atoms. The second-order valence-electron chi connectivity index (χ2n) is 3.22. The summed E-state index contributed by atoms with van der Waals surface area (Å²) in [5.41, 5.74) is 1.91. The molecule has 74 valence electrons. The monoisotopic (exact) mass is 234 g/mol. The lowest BCUT2D eigenvalue weighted by Gasteiger charge is -1.89. The number of aromatic amines is 1. The number of thiophene rings is 1. The normalized spacial score (nSPS) is 11.0. The number of halogens is 1. The second kappa shape index (κ2) is 3.36. The van der Waals surface area contributed by atoms with E-state index in [1.54, 1.807) is 23.6 Å². The molecule has 3 aromatic rings. The van der Waals surface area contributed by atoms with Gasteiger partial charge in [0.05, 0.1) is 15.6 Å². The highest BCUT2D eigenvalue weighted by molar-refractivity contribution is 7.13. The first-order valence-corrected chi connectivity index (χ1v) is 5.77. The van der Waals surface area contributed by atoms with Crippen LogP contribution in [0.2, 0.25) is 5.02 Å². The molecule has 1 N–H and O–H groups in total. The summed E-state index contributed by atoms with van der Waals surface area (Å²) in [4.78, 5) is 8.69. The third-order valence-corrected chi connectivity index (χ3v) is 3.50. The first-order chi connectivity index (χ1) is 7.34. The van der Waals surface area contributed by atoms with Gasteiger partial charge in [0.15, 0.2) is 0 Å². The summed E-state index contributed by atoms with van der Waals surface area (Å²) in [6.45, 7) is 0. The van der Waals surface area contributed by atoms with Gasteiger partial charge in [-0.15, -0.1) is 11.3 Å². The lowest BCUT2D eigenvalue weighted by atomic mass is 10.3. The van der Waals surface area contributed by atoms with E-state index in [9.17, 15) is 0 Å². The highest BCUT2D eigenvalue weighted by Crippen LogP contribution is 2.29. The van der Waals surface area contributed by atoms with E-state index >= 15 is 0 Å². The molecule has 0 aliphatic heterocycles. The molecule has 0 aliphatic rings. The molecule has 0 radical (unpaired) electrons. The van der Waals surface area contributed by atoms with Gasteiger partial charge in [0, 0.05) is 11.6 Å². The molecule has 0 saturated heterocycles. The van der Waals surface area contributed by atoms with E-state index in [2.05, 4.69) is 21.4 Å². The molecule has 0 saturated carbocycles. The van der Waals surface area contributed by atoms with Crippen molar-refractivity contribution < 1.29 is 0 Å². The molecule has 0 bridgehead atoms. The topological polar surface area (TPSA) is 28.7 Å². The quantitative estimate of drug-likeness (QED) is 0.679. The van der Waals surface area contributed by atoms with E-state index in [4.69, 9.17) is 11.6 Å². The van der Waals surface area contributed by atoms with Crippen molar-refractivity contribution in [2.75, 3.05) is 0 Å². The van der Waals surface area contributed by atoms with Crippen LogP contribution in [0.5, 0.6) is 0 Å². The zero-order chi connectivity index (χ0) is 10.3. The Hall–Kier alpha value is -1.32. The van der Waals surface area contributed by atoms with Crippen LogP contribution in [0.3, 0.4) is 0 Å². The summed E-state index contributed by atoms with van der Waals surface area (Å²) in [5, 5.41) is 3.76. The predicted molar refractivity (Wildman–Crippen MR) is 64.4 cm³/mol. The Morgan fingerprint density at radius 2 is 2.27 bits per heavy atom. The minimum atomic E-state index is 0.735. The van der Waals surface area contributed by atoms with Crippen molar-refractivity contribution in [3.05, 3.63) is 40.9 Å². The summed E-state index contributed by atoms with van der Waals surface area (Å²) >= 11 is 7.77. The Labute approximate surface area is 95.5 Å². The van der Waals surface area contributed by atoms with Crippen LogP contribution < -0.4 is 0 Å². The predicted octanol–water partition coefficient (Wildman–Crippen LogP) is 3.94. The van der Waals surface area contributed by atoms with E-state index in [1.165, 1.54) is 4.88 Å². The number of H-pyrrole nitrogens is 1.